The van der Waals surface area contributed by atoms with E-state index in [-0.39, 0.29) is 16.4 Å². The third kappa shape index (κ3) is 5.12. The lowest BCUT2D eigenvalue weighted by molar-refractivity contribution is -0.384. The molecule has 0 fully saturated rings. The number of rotatable bonds is 5. The van der Waals surface area contributed by atoms with Crippen molar-refractivity contribution in [3.8, 4) is 0 Å². The number of para-hydroxylation sites is 1. The molecule has 0 unspecified atom stereocenters. The molecule has 3 aromatic carbocycles. The summed E-state index contributed by atoms with van der Waals surface area (Å²) in [4.78, 5) is 22.5. The Labute approximate surface area is 166 Å². The van der Waals surface area contributed by atoms with Crippen LogP contribution in [0, 0.1) is 10.1 Å². The van der Waals surface area contributed by atoms with Crippen LogP contribution in [0.25, 0.3) is 0 Å². The first kappa shape index (κ1) is 19.0. The Bertz CT molecular complexity index is 1010. The summed E-state index contributed by atoms with van der Waals surface area (Å²) in [5.74, 6) is -0.524. The quantitative estimate of drug-likeness (QED) is 0.337. The number of carbonyl (C=O) groups excluding carboxylic acids is 1. The van der Waals surface area contributed by atoms with Crippen LogP contribution in [-0.4, -0.2) is 15.9 Å². The Morgan fingerprint density at radius 2 is 1.50 bits per heavy atom. The van der Waals surface area contributed by atoms with E-state index in [9.17, 15) is 14.9 Å². The number of non-ortho nitro benzene ring substituents is 1. The van der Waals surface area contributed by atoms with Crippen molar-refractivity contribution in [3.05, 3.63) is 94.5 Å². The predicted octanol–water partition coefficient (Wildman–Crippen LogP) is 4.47. The number of anilines is 3. The van der Waals surface area contributed by atoms with Gasteiger partial charge in [0.05, 0.1) is 4.92 Å². The zero-order chi connectivity index (χ0) is 19.9. The second-order valence-corrected chi connectivity index (χ2v) is 6.19. The fourth-order valence-corrected chi connectivity index (χ4v) is 2.63. The molecule has 0 aliphatic carbocycles. The van der Waals surface area contributed by atoms with Gasteiger partial charge in [-0.15, -0.1) is 0 Å². The second kappa shape index (κ2) is 8.74. The maximum atomic E-state index is 12.2. The summed E-state index contributed by atoms with van der Waals surface area (Å²) in [7, 11) is 0. The smallest absolute Gasteiger partial charge is 0.270 e. The summed E-state index contributed by atoms with van der Waals surface area (Å²) in [6.45, 7) is 0. The molecule has 0 spiro atoms. The molecule has 0 aromatic heterocycles. The summed E-state index contributed by atoms with van der Waals surface area (Å²) < 4.78 is 0. The summed E-state index contributed by atoms with van der Waals surface area (Å²) in [6.07, 6.45) is 0. The molecular formula is C20H16N4O3S. The Kier molecular flexibility index (Phi) is 5.93. The van der Waals surface area contributed by atoms with Crippen LogP contribution in [0.5, 0.6) is 0 Å². The van der Waals surface area contributed by atoms with Gasteiger partial charge in [0.2, 0.25) is 0 Å². The van der Waals surface area contributed by atoms with Gasteiger partial charge in [-0.3, -0.25) is 20.2 Å². The third-order valence-corrected chi connectivity index (χ3v) is 3.96. The molecule has 1 amide bonds. The standard InChI is InChI=1S/C20H16N4O3S/c25-19(14-5-4-8-18(13-14)24(26)27)23-20(28)22-17-11-9-16(10-12-17)21-15-6-2-1-3-7-15/h1-13,21H,(H2,22,23,25,28). The first-order valence-corrected chi connectivity index (χ1v) is 8.71. The zero-order valence-corrected chi connectivity index (χ0v) is 15.4. The number of nitro benzene ring substituents is 1. The average molecular weight is 392 g/mol. The normalized spacial score (nSPS) is 10.0. The van der Waals surface area contributed by atoms with E-state index in [0.717, 1.165) is 11.4 Å². The van der Waals surface area contributed by atoms with Gasteiger partial charge in [-0.25, -0.2) is 0 Å². The van der Waals surface area contributed by atoms with Crippen LogP contribution in [0.15, 0.2) is 78.9 Å². The lowest BCUT2D eigenvalue weighted by atomic mass is 10.2. The number of hydrogen-bond acceptors (Lipinski definition) is 5. The predicted molar refractivity (Wildman–Crippen MR) is 113 cm³/mol. The third-order valence-electron chi connectivity index (χ3n) is 3.75. The molecule has 0 radical (unpaired) electrons. The maximum absolute atomic E-state index is 12.2. The van der Waals surface area contributed by atoms with Gasteiger partial charge in [0, 0.05) is 34.8 Å². The molecule has 0 aliphatic heterocycles. The minimum Gasteiger partial charge on any atom is -0.356 e. The highest BCUT2D eigenvalue weighted by atomic mass is 32.1. The van der Waals surface area contributed by atoms with E-state index in [2.05, 4.69) is 16.0 Å². The number of nitrogens with zero attached hydrogens (tertiary/aromatic N) is 1. The fraction of sp³-hybridized carbons (Fsp3) is 0. The van der Waals surface area contributed by atoms with Crippen molar-refractivity contribution in [1.29, 1.82) is 0 Å². The summed E-state index contributed by atoms with van der Waals surface area (Å²) in [5.41, 5.74) is 2.57. The van der Waals surface area contributed by atoms with Crippen LogP contribution in [-0.2, 0) is 0 Å². The number of nitrogens with one attached hydrogen (secondary N) is 3. The maximum Gasteiger partial charge on any atom is 0.270 e. The Balaban J connectivity index is 1.58. The number of benzene rings is 3. The van der Waals surface area contributed by atoms with Crippen LogP contribution >= 0.6 is 12.2 Å². The van der Waals surface area contributed by atoms with Gasteiger partial charge in [0.15, 0.2) is 5.11 Å². The van der Waals surface area contributed by atoms with Crippen LogP contribution in [0.3, 0.4) is 0 Å². The van der Waals surface area contributed by atoms with E-state index in [1.54, 1.807) is 0 Å². The van der Waals surface area contributed by atoms with Crippen molar-refractivity contribution in [1.82, 2.24) is 5.32 Å². The molecular weight excluding hydrogens is 376 g/mol. The number of amides is 1. The van der Waals surface area contributed by atoms with Crippen LogP contribution in [0.2, 0.25) is 0 Å². The van der Waals surface area contributed by atoms with Gasteiger partial charge >= 0.3 is 0 Å². The molecule has 0 saturated heterocycles. The topological polar surface area (TPSA) is 96.3 Å². The Hall–Kier alpha value is -3.78. The summed E-state index contributed by atoms with van der Waals surface area (Å²) in [6, 6.07) is 22.6. The summed E-state index contributed by atoms with van der Waals surface area (Å²) in [5, 5.41) is 19.6. The number of nitro groups is 1. The van der Waals surface area contributed by atoms with Crippen molar-refractivity contribution in [2.45, 2.75) is 0 Å². The molecule has 140 valence electrons. The van der Waals surface area contributed by atoms with E-state index in [4.69, 9.17) is 12.2 Å². The molecule has 3 N–H and O–H groups in total. The molecule has 3 aromatic rings. The van der Waals surface area contributed by atoms with E-state index >= 15 is 0 Å². The van der Waals surface area contributed by atoms with E-state index < -0.39 is 10.8 Å². The first-order chi connectivity index (χ1) is 13.5. The van der Waals surface area contributed by atoms with Gasteiger partial charge in [-0.2, -0.15) is 0 Å². The molecule has 0 atom stereocenters. The first-order valence-electron chi connectivity index (χ1n) is 8.30. The number of thiocarbonyl (C=S) groups is 1. The molecule has 0 bridgehead atoms. The molecule has 0 heterocycles. The minimum absolute atomic E-state index is 0.0975. The van der Waals surface area contributed by atoms with Crippen molar-refractivity contribution in [3.63, 3.8) is 0 Å². The summed E-state index contributed by atoms with van der Waals surface area (Å²) >= 11 is 5.14. The fourth-order valence-electron chi connectivity index (χ4n) is 2.42. The van der Waals surface area contributed by atoms with E-state index in [1.807, 2.05) is 54.6 Å². The highest BCUT2D eigenvalue weighted by molar-refractivity contribution is 7.80. The van der Waals surface area contributed by atoms with Crippen LogP contribution in [0.4, 0.5) is 22.7 Å². The van der Waals surface area contributed by atoms with Crippen molar-refractivity contribution in [2.24, 2.45) is 0 Å². The van der Waals surface area contributed by atoms with Gasteiger partial charge in [0.1, 0.15) is 0 Å². The Morgan fingerprint density at radius 3 is 2.18 bits per heavy atom. The van der Waals surface area contributed by atoms with Gasteiger partial charge in [-0.1, -0.05) is 24.3 Å². The van der Waals surface area contributed by atoms with Gasteiger partial charge in [0.25, 0.3) is 11.6 Å². The lowest BCUT2D eigenvalue weighted by Crippen LogP contribution is -2.34. The van der Waals surface area contributed by atoms with Crippen molar-refractivity contribution in [2.75, 3.05) is 10.6 Å². The molecule has 0 aliphatic rings. The van der Waals surface area contributed by atoms with Gasteiger partial charge < -0.3 is 10.6 Å². The lowest BCUT2D eigenvalue weighted by Gasteiger charge is -2.11. The molecule has 28 heavy (non-hydrogen) atoms. The molecule has 3 rings (SSSR count). The highest BCUT2D eigenvalue weighted by Gasteiger charge is 2.12. The largest absolute Gasteiger partial charge is 0.356 e. The average Bonchev–Trinajstić information content (AvgIpc) is 2.70. The van der Waals surface area contributed by atoms with E-state index in [1.165, 1.54) is 24.3 Å². The van der Waals surface area contributed by atoms with E-state index in [0.29, 0.717) is 5.69 Å². The van der Waals surface area contributed by atoms with Crippen LogP contribution < -0.4 is 16.0 Å². The van der Waals surface area contributed by atoms with Crippen molar-refractivity contribution >= 4 is 46.0 Å². The second-order valence-electron chi connectivity index (χ2n) is 5.78. The SMILES string of the molecule is O=C(NC(=S)Nc1ccc(Nc2ccccc2)cc1)c1cccc([N+](=O)[O-])c1. The number of hydrogen-bond donors (Lipinski definition) is 3. The van der Waals surface area contributed by atoms with Gasteiger partial charge in [-0.05, 0) is 54.7 Å². The zero-order valence-electron chi connectivity index (χ0n) is 14.6. The molecule has 7 nitrogen and oxygen atoms in total. The highest BCUT2D eigenvalue weighted by Crippen LogP contribution is 2.18. The minimum atomic E-state index is -0.557. The monoisotopic (exact) mass is 392 g/mol. The molecule has 8 heteroatoms. The van der Waals surface area contributed by atoms with Crippen LogP contribution in [0.1, 0.15) is 10.4 Å². The molecule has 0 saturated carbocycles. The van der Waals surface area contributed by atoms with Crippen molar-refractivity contribution < 1.29 is 9.72 Å². The Morgan fingerprint density at radius 1 is 0.857 bits per heavy atom. The number of carbonyl (C=O) groups is 1.